The molecule has 2 fully saturated rings. The molecule has 0 aliphatic carbocycles. The smallest absolute Gasteiger partial charge is 0.258 e. The lowest BCUT2D eigenvalue weighted by atomic mass is 10.0. The predicted molar refractivity (Wildman–Crippen MR) is 170 cm³/mol. The third-order valence-corrected chi connectivity index (χ3v) is 9.03. The van der Waals surface area contributed by atoms with E-state index in [2.05, 4.69) is 46.4 Å². The molecular formula is C35H40N4O4. The number of rotatable bonds is 7. The molecule has 224 valence electrons. The first-order chi connectivity index (χ1) is 21.1. The molecule has 43 heavy (non-hydrogen) atoms. The highest BCUT2D eigenvalue weighted by atomic mass is 16.7. The van der Waals surface area contributed by atoms with E-state index in [1.807, 2.05) is 53.6 Å². The number of carbonyl (C=O) groups is 1. The molecule has 1 amide bonds. The Kier molecular flexibility index (Phi) is 7.82. The maximum absolute atomic E-state index is 14.0. The van der Waals surface area contributed by atoms with Crippen molar-refractivity contribution in [2.75, 3.05) is 56.2 Å². The minimum Gasteiger partial charge on any atom is -0.493 e. The van der Waals surface area contributed by atoms with Crippen molar-refractivity contribution in [1.82, 2.24) is 9.88 Å². The molecule has 7 rings (SSSR count). The molecule has 0 radical (unpaired) electrons. The van der Waals surface area contributed by atoms with Crippen molar-refractivity contribution in [1.29, 1.82) is 0 Å². The van der Waals surface area contributed by atoms with Crippen molar-refractivity contribution in [2.24, 2.45) is 0 Å². The quantitative estimate of drug-likeness (QED) is 0.250. The van der Waals surface area contributed by atoms with Gasteiger partial charge in [-0.05, 0) is 79.2 Å². The van der Waals surface area contributed by atoms with Crippen LogP contribution in [0.15, 0.2) is 72.9 Å². The molecule has 8 nitrogen and oxygen atoms in total. The fraction of sp³-hybridized carbons (Fsp3) is 0.400. The Balaban J connectivity index is 1.10. The molecule has 8 heteroatoms. The number of fused-ring (bicyclic) bond motifs is 2. The number of H-pyrrole nitrogens is 1. The number of aromatic nitrogens is 1. The van der Waals surface area contributed by atoms with Crippen molar-refractivity contribution in [3.63, 3.8) is 0 Å². The van der Waals surface area contributed by atoms with E-state index in [1.54, 1.807) is 0 Å². The number of nitrogens with zero attached hydrogens (tertiary/aromatic N) is 2. The zero-order valence-electron chi connectivity index (χ0n) is 24.8. The second-order valence-electron chi connectivity index (χ2n) is 11.9. The lowest BCUT2D eigenvalue weighted by molar-refractivity contribution is -0.185. The average molecular weight is 581 g/mol. The molecule has 0 unspecified atom stereocenters. The van der Waals surface area contributed by atoms with E-state index in [0.29, 0.717) is 31.9 Å². The summed E-state index contributed by atoms with van der Waals surface area (Å²) >= 11 is 0. The summed E-state index contributed by atoms with van der Waals surface area (Å²) in [5, 5.41) is 4.69. The minimum absolute atomic E-state index is 0.0144. The second-order valence-corrected chi connectivity index (χ2v) is 11.9. The van der Waals surface area contributed by atoms with E-state index in [9.17, 15) is 4.79 Å². The normalized spacial score (nSPS) is 20.1. The van der Waals surface area contributed by atoms with Crippen molar-refractivity contribution in [3.05, 3.63) is 78.5 Å². The summed E-state index contributed by atoms with van der Waals surface area (Å²) in [7, 11) is 0. The van der Waals surface area contributed by atoms with Crippen LogP contribution in [-0.2, 0) is 9.47 Å². The number of benzene rings is 3. The van der Waals surface area contributed by atoms with E-state index < -0.39 is 0 Å². The summed E-state index contributed by atoms with van der Waals surface area (Å²) in [4.78, 5) is 21.7. The molecule has 3 aliphatic rings. The van der Waals surface area contributed by atoms with Crippen LogP contribution in [0.25, 0.3) is 22.0 Å². The molecule has 0 saturated carbocycles. The van der Waals surface area contributed by atoms with Gasteiger partial charge in [0, 0.05) is 67.9 Å². The number of hydrogen-bond donors (Lipinski definition) is 2. The number of para-hydroxylation sites is 2. The first-order valence-electron chi connectivity index (χ1n) is 15.6. The van der Waals surface area contributed by atoms with E-state index in [1.165, 1.54) is 0 Å². The number of piperidine rings is 1. The number of carbonyl (C=O) groups excluding carboxylic acids is 1. The van der Waals surface area contributed by atoms with E-state index in [-0.39, 0.29) is 17.7 Å². The Morgan fingerprint density at radius 3 is 2.70 bits per heavy atom. The number of ether oxygens (including phenoxy) is 3. The largest absolute Gasteiger partial charge is 0.493 e. The van der Waals surface area contributed by atoms with E-state index in [0.717, 1.165) is 84.5 Å². The highest BCUT2D eigenvalue weighted by molar-refractivity contribution is 6.08. The number of amides is 1. The van der Waals surface area contributed by atoms with Crippen LogP contribution in [0.3, 0.4) is 0 Å². The van der Waals surface area contributed by atoms with Crippen molar-refractivity contribution < 1.29 is 19.0 Å². The van der Waals surface area contributed by atoms with Gasteiger partial charge in [0.05, 0.1) is 31.2 Å². The zero-order valence-corrected chi connectivity index (χ0v) is 24.8. The maximum atomic E-state index is 14.0. The van der Waals surface area contributed by atoms with Gasteiger partial charge in [0.2, 0.25) is 0 Å². The fourth-order valence-corrected chi connectivity index (χ4v) is 6.59. The molecular weight excluding hydrogens is 540 g/mol. The van der Waals surface area contributed by atoms with Crippen molar-refractivity contribution in [2.45, 2.75) is 44.4 Å². The zero-order chi connectivity index (χ0) is 29.2. The molecule has 1 atom stereocenters. The van der Waals surface area contributed by atoms with E-state index in [4.69, 9.17) is 14.2 Å². The van der Waals surface area contributed by atoms with Crippen molar-refractivity contribution in [3.8, 4) is 16.9 Å². The van der Waals surface area contributed by atoms with Crippen LogP contribution in [0.5, 0.6) is 5.75 Å². The lowest BCUT2D eigenvalue weighted by Gasteiger charge is -2.37. The first-order valence-corrected chi connectivity index (χ1v) is 15.6. The molecule has 2 saturated heterocycles. The molecule has 3 aromatic carbocycles. The van der Waals surface area contributed by atoms with E-state index >= 15 is 0 Å². The Morgan fingerprint density at radius 2 is 1.84 bits per heavy atom. The number of likely N-dealkylation sites (tertiary alicyclic amines) is 1. The second kappa shape index (κ2) is 12.0. The van der Waals surface area contributed by atoms with Gasteiger partial charge in [-0.1, -0.05) is 18.2 Å². The molecule has 3 aliphatic heterocycles. The van der Waals surface area contributed by atoms with Crippen LogP contribution in [0.2, 0.25) is 0 Å². The number of nitrogens with one attached hydrogen (secondary N) is 2. The topological polar surface area (TPSA) is 79.1 Å². The molecule has 4 aromatic rings. The summed E-state index contributed by atoms with van der Waals surface area (Å²) in [6, 6.07) is 22.7. The van der Waals surface area contributed by atoms with Gasteiger partial charge in [0.1, 0.15) is 5.75 Å². The average Bonchev–Trinajstić information content (AvgIpc) is 3.66. The number of anilines is 2. The first kappa shape index (κ1) is 28.0. The highest BCUT2D eigenvalue weighted by Crippen LogP contribution is 2.36. The monoisotopic (exact) mass is 580 g/mol. The lowest BCUT2D eigenvalue weighted by Crippen LogP contribution is -2.45. The van der Waals surface area contributed by atoms with Gasteiger partial charge in [-0.15, -0.1) is 0 Å². The standard InChI is InChI=1S/C35H40N4O4/c1-25-12-17-39(32-6-3-2-5-31(32)37-25)34(40)28-7-9-29(26-8-10-30-27(23-26)11-15-36-30)33(24-28)41-20-4-16-38-18-13-35(14-19-38)42-21-22-43-35/h2-3,5-11,15,23-25,36-37H,4,12-14,16-22H2,1H3/t25-/m0/s1. The summed E-state index contributed by atoms with van der Waals surface area (Å²) in [5.74, 6) is 0.373. The highest BCUT2D eigenvalue weighted by Gasteiger charge is 2.39. The Hall–Kier alpha value is -3.85. The van der Waals surface area contributed by atoms with Gasteiger partial charge in [-0.2, -0.15) is 0 Å². The molecule has 4 heterocycles. The van der Waals surface area contributed by atoms with Crippen LogP contribution in [0.4, 0.5) is 11.4 Å². The summed E-state index contributed by atoms with van der Waals surface area (Å²) in [5.41, 5.74) is 5.68. The molecule has 2 N–H and O–H groups in total. The van der Waals surface area contributed by atoms with Crippen LogP contribution in [0, 0.1) is 0 Å². The number of hydrogen-bond acceptors (Lipinski definition) is 6. The third-order valence-electron chi connectivity index (χ3n) is 9.03. The fourth-order valence-electron chi connectivity index (χ4n) is 6.59. The van der Waals surface area contributed by atoms with Gasteiger partial charge in [0.25, 0.3) is 5.91 Å². The molecule has 1 spiro atoms. The summed E-state index contributed by atoms with van der Waals surface area (Å²) in [6.07, 6.45) is 5.55. The van der Waals surface area contributed by atoms with Crippen LogP contribution < -0.4 is 15.0 Å². The van der Waals surface area contributed by atoms with Crippen LogP contribution in [0.1, 0.15) is 43.0 Å². The SMILES string of the molecule is C[C@H]1CCN(C(=O)c2ccc(-c3ccc4[nH]ccc4c3)c(OCCCN3CCC4(CC3)OCCO4)c2)c2ccccc2N1. The number of aromatic amines is 1. The third kappa shape index (κ3) is 5.87. The predicted octanol–water partition coefficient (Wildman–Crippen LogP) is 6.29. The molecule has 1 aromatic heterocycles. The van der Waals surface area contributed by atoms with Gasteiger partial charge in [0.15, 0.2) is 5.79 Å². The van der Waals surface area contributed by atoms with Crippen molar-refractivity contribution >= 4 is 28.2 Å². The van der Waals surface area contributed by atoms with Crippen LogP contribution in [-0.4, -0.2) is 73.6 Å². The Labute approximate surface area is 252 Å². The van der Waals surface area contributed by atoms with Crippen LogP contribution >= 0.6 is 0 Å². The maximum Gasteiger partial charge on any atom is 0.258 e. The Bertz CT molecular complexity index is 1580. The van der Waals surface area contributed by atoms with Gasteiger partial charge in [-0.3, -0.25) is 4.79 Å². The summed E-state index contributed by atoms with van der Waals surface area (Å²) in [6.45, 7) is 7.68. The van der Waals surface area contributed by atoms with Gasteiger partial charge in [-0.25, -0.2) is 0 Å². The summed E-state index contributed by atoms with van der Waals surface area (Å²) < 4.78 is 18.3. The minimum atomic E-state index is -0.350. The van der Waals surface area contributed by atoms with Gasteiger partial charge < -0.3 is 34.3 Å². The molecule has 0 bridgehead atoms. The Morgan fingerprint density at radius 1 is 1.00 bits per heavy atom. The van der Waals surface area contributed by atoms with Gasteiger partial charge >= 0.3 is 0 Å².